The third kappa shape index (κ3) is 5.78. The van der Waals surface area contributed by atoms with E-state index in [0.717, 1.165) is 20.5 Å². The molecule has 1 aliphatic heterocycles. The van der Waals surface area contributed by atoms with Crippen molar-refractivity contribution in [2.75, 3.05) is 19.9 Å². The average Bonchev–Trinajstić information content (AvgIpc) is 2.57. The highest BCUT2D eigenvalue weighted by atomic mass is 79.9. The van der Waals surface area contributed by atoms with Crippen LogP contribution in [-0.2, 0) is 27.1 Å². The molecule has 1 aliphatic rings. The number of carbonyl (C=O) groups is 2. The number of carbonyl (C=O) groups excluding carboxylic acids is 2. The Morgan fingerprint density at radius 1 is 1.37 bits per heavy atom. The number of amides is 2. The molecule has 2 N–H and O–H groups in total. The number of hydrogen-bond acceptors (Lipinski definition) is 4. The van der Waals surface area contributed by atoms with Crippen molar-refractivity contribution >= 4 is 35.5 Å². The van der Waals surface area contributed by atoms with E-state index in [-0.39, 0.29) is 25.4 Å². The molecular formula is C17H24BrN2O6P. The minimum Gasteiger partial charge on any atom is -0.467 e. The highest BCUT2D eigenvalue weighted by Gasteiger charge is 2.38. The van der Waals surface area contributed by atoms with Crippen LogP contribution in [0.15, 0.2) is 22.7 Å². The molecule has 0 fully saturated rings. The SMILES string of the molecule is COC(=O)[C@@H]1Cc2ccc(Br)cc2CN1C(=O)N(CC(C)C)CP(=O)(O)O. The van der Waals surface area contributed by atoms with Gasteiger partial charge in [0.15, 0.2) is 0 Å². The number of esters is 1. The standard InChI is InChI=1S/C17H24BrN2O6P/c1-11(2)8-19(10-27(23,24)25)17(22)20-9-13-6-14(18)5-4-12(13)7-15(20)16(21)26-3/h4-6,11,15H,7-10H2,1-3H3,(H2,23,24,25)/t15-/m0/s1. The Morgan fingerprint density at radius 2 is 2.04 bits per heavy atom. The van der Waals surface area contributed by atoms with Crippen molar-refractivity contribution in [2.45, 2.75) is 32.9 Å². The summed E-state index contributed by atoms with van der Waals surface area (Å²) in [6.07, 6.45) is -0.411. The number of rotatable bonds is 5. The molecule has 1 heterocycles. The number of benzene rings is 1. The Hall–Kier alpha value is -1.41. The number of hydrogen-bond donors (Lipinski definition) is 2. The summed E-state index contributed by atoms with van der Waals surface area (Å²) >= 11 is 3.40. The van der Waals surface area contributed by atoms with Crippen molar-refractivity contribution < 1.29 is 28.7 Å². The molecular weight excluding hydrogens is 439 g/mol. The van der Waals surface area contributed by atoms with Crippen molar-refractivity contribution in [1.82, 2.24) is 9.80 Å². The summed E-state index contributed by atoms with van der Waals surface area (Å²) in [4.78, 5) is 46.6. The van der Waals surface area contributed by atoms with Gasteiger partial charge >= 0.3 is 19.6 Å². The van der Waals surface area contributed by atoms with Crippen LogP contribution in [0.25, 0.3) is 0 Å². The zero-order valence-electron chi connectivity index (χ0n) is 15.5. The molecule has 1 aromatic carbocycles. The summed E-state index contributed by atoms with van der Waals surface area (Å²) in [5.74, 6) is -0.555. The molecule has 2 amide bonds. The van der Waals surface area contributed by atoms with E-state index in [0.29, 0.717) is 0 Å². The molecule has 0 bridgehead atoms. The molecule has 0 spiro atoms. The van der Waals surface area contributed by atoms with E-state index in [1.165, 1.54) is 12.0 Å². The molecule has 0 saturated carbocycles. The van der Waals surface area contributed by atoms with E-state index in [4.69, 9.17) is 4.74 Å². The lowest BCUT2D eigenvalue weighted by molar-refractivity contribution is -0.146. The quantitative estimate of drug-likeness (QED) is 0.514. The van der Waals surface area contributed by atoms with Gasteiger partial charge < -0.3 is 24.3 Å². The number of methoxy groups -OCH3 is 1. The summed E-state index contributed by atoms with van der Waals surface area (Å²) in [6.45, 7) is 4.02. The third-order valence-electron chi connectivity index (χ3n) is 4.23. The smallest absolute Gasteiger partial charge is 0.344 e. The van der Waals surface area contributed by atoms with E-state index in [2.05, 4.69) is 15.9 Å². The molecule has 0 saturated heterocycles. The Bertz CT molecular complexity index is 766. The molecule has 0 aromatic heterocycles. The molecule has 0 unspecified atom stereocenters. The van der Waals surface area contributed by atoms with Crippen LogP contribution in [0.4, 0.5) is 4.79 Å². The summed E-state index contributed by atoms with van der Waals surface area (Å²) in [5.41, 5.74) is 1.81. The van der Waals surface area contributed by atoms with Crippen LogP contribution in [0, 0.1) is 5.92 Å². The Balaban J connectivity index is 2.38. The van der Waals surface area contributed by atoms with Gasteiger partial charge in [-0.2, -0.15) is 0 Å². The predicted octanol–water partition coefficient (Wildman–Crippen LogP) is 2.56. The minimum absolute atomic E-state index is 0.00305. The normalized spacial score (nSPS) is 16.9. The monoisotopic (exact) mass is 462 g/mol. The van der Waals surface area contributed by atoms with E-state index in [9.17, 15) is 23.9 Å². The first kappa shape index (κ1) is 21.9. The van der Waals surface area contributed by atoms with E-state index >= 15 is 0 Å². The fourth-order valence-electron chi connectivity index (χ4n) is 3.14. The number of nitrogens with zero attached hydrogens (tertiary/aromatic N) is 2. The highest BCUT2D eigenvalue weighted by molar-refractivity contribution is 9.10. The van der Waals surface area contributed by atoms with Crippen LogP contribution in [-0.4, -0.2) is 57.6 Å². The largest absolute Gasteiger partial charge is 0.467 e. The molecule has 27 heavy (non-hydrogen) atoms. The van der Waals surface area contributed by atoms with Crippen LogP contribution >= 0.6 is 23.5 Å². The van der Waals surface area contributed by atoms with Crippen LogP contribution in [0.3, 0.4) is 0 Å². The number of halogens is 1. The summed E-state index contributed by atoms with van der Waals surface area (Å²) in [7, 11) is -3.20. The van der Waals surface area contributed by atoms with Gasteiger partial charge in [0.25, 0.3) is 0 Å². The van der Waals surface area contributed by atoms with Gasteiger partial charge in [-0.05, 0) is 29.2 Å². The van der Waals surface area contributed by atoms with Crippen molar-refractivity contribution in [1.29, 1.82) is 0 Å². The summed E-state index contributed by atoms with van der Waals surface area (Å²) < 4.78 is 17.2. The van der Waals surface area contributed by atoms with Crippen LogP contribution in [0.1, 0.15) is 25.0 Å². The lowest BCUT2D eigenvalue weighted by Gasteiger charge is -2.39. The maximum Gasteiger partial charge on any atom is 0.344 e. The van der Waals surface area contributed by atoms with Crippen molar-refractivity contribution in [3.8, 4) is 0 Å². The molecule has 8 nitrogen and oxygen atoms in total. The van der Waals surface area contributed by atoms with Crippen LogP contribution in [0.2, 0.25) is 0 Å². The maximum atomic E-state index is 13.1. The predicted molar refractivity (Wildman–Crippen MR) is 103 cm³/mol. The third-order valence-corrected chi connectivity index (χ3v) is 5.43. The maximum absolute atomic E-state index is 13.1. The van der Waals surface area contributed by atoms with Gasteiger partial charge in [-0.1, -0.05) is 35.8 Å². The lowest BCUT2D eigenvalue weighted by atomic mass is 9.94. The Kier molecular flexibility index (Phi) is 7.08. The highest BCUT2D eigenvalue weighted by Crippen LogP contribution is 2.36. The molecule has 2 rings (SSSR count). The first-order chi connectivity index (χ1) is 12.5. The molecule has 1 atom stereocenters. The van der Waals surface area contributed by atoms with E-state index in [1.807, 2.05) is 32.0 Å². The van der Waals surface area contributed by atoms with Gasteiger partial charge in [-0.15, -0.1) is 0 Å². The minimum atomic E-state index is -4.45. The van der Waals surface area contributed by atoms with Gasteiger partial charge in [0.2, 0.25) is 0 Å². The fourth-order valence-corrected chi connectivity index (χ4v) is 4.23. The van der Waals surface area contributed by atoms with Crippen LogP contribution < -0.4 is 0 Å². The van der Waals surface area contributed by atoms with E-state index < -0.39 is 31.9 Å². The topological polar surface area (TPSA) is 107 Å². The van der Waals surface area contributed by atoms with Gasteiger partial charge in [-0.3, -0.25) is 4.57 Å². The first-order valence-corrected chi connectivity index (χ1v) is 11.1. The van der Waals surface area contributed by atoms with Crippen LogP contribution in [0.5, 0.6) is 0 Å². The Labute approximate surface area is 166 Å². The summed E-state index contributed by atoms with van der Waals surface area (Å²) in [6, 6.07) is 4.19. The lowest BCUT2D eigenvalue weighted by Crippen LogP contribution is -2.54. The molecule has 150 valence electrons. The van der Waals surface area contributed by atoms with Crippen molar-refractivity contribution in [3.05, 3.63) is 33.8 Å². The van der Waals surface area contributed by atoms with Gasteiger partial charge in [0.05, 0.1) is 7.11 Å². The second-order valence-corrected chi connectivity index (χ2v) is 9.52. The molecule has 1 aromatic rings. The first-order valence-electron chi connectivity index (χ1n) is 8.47. The zero-order valence-corrected chi connectivity index (χ0v) is 17.9. The van der Waals surface area contributed by atoms with Gasteiger partial charge in [0, 0.05) is 24.0 Å². The van der Waals surface area contributed by atoms with Crippen molar-refractivity contribution in [2.24, 2.45) is 5.92 Å². The number of fused-ring (bicyclic) bond motifs is 1. The summed E-state index contributed by atoms with van der Waals surface area (Å²) in [5, 5.41) is 0. The number of ether oxygens (including phenoxy) is 1. The number of urea groups is 1. The molecule has 0 radical (unpaired) electrons. The van der Waals surface area contributed by atoms with E-state index in [1.54, 1.807) is 0 Å². The van der Waals surface area contributed by atoms with Crippen molar-refractivity contribution in [3.63, 3.8) is 0 Å². The molecule has 0 aliphatic carbocycles. The molecule has 10 heteroatoms. The Morgan fingerprint density at radius 3 is 2.59 bits per heavy atom. The van der Waals surface area contributed by atoms with Gasteiger partial charge in [0.1, 0.15) is 12.3 Å². The second-order valence-electron chi connectivity index (χ2n) is 6.99. The van der Waals surface area contributed by atoms with Gasteiger partial charge in [-0.25, -0.2) is 9.59 Å². The average molecular weight is 463 g/mol. The zero-order chi connectivity index (χ0) is 20.4. The fraction of sp³-hybridized carbons (Fsp3) is 0.529. The second kappa shape index (κ2) is 8.73.